The maximum absolute atomic E-state index is 4.73. The van der Waals surface area contributed by atoms with Gasteiger partial charge in [0, 0.05) is 15.9 Å². The van der Waals surface area contributed by atoms with Gasteiger partial charge in [-0.1, -0.05) is 33.8 Å². The third-order valence-electron chi connectivity index (χ3n) is 2.87. The Morgan fingerprint density at radius 2 is 2.18 bits per heavy atom. The molecule has 92 valence electrons. The van der Waals surface area contributed by atoms with Gasteiger partial charge in [-0.2, -0.15) is 0 Å². The lowest BCUT2D eigenvalue weighted by Gasteiger charge is -2.26. The van der Waals surface area contributed by atoms with Crippen molar-refractivity contribution in [2.24, 2.45) is 4.99 Å². The van der Waals surface area contributed by atoms with Crippen molar-refractivity contribution in [2.75, 3.05) is 11.1 Å². The fourth-order valence-corrected chi connectivity index (χ4v) is 3.34. The van der Waals surface area contributed by atoms with E-state index in [2.05, 4.69) is 54.2 Å². The van der Waals surface area contributed by atoms with Gasteiger partial charge in [-0.25, -0.2) is 0 Å². The molecule has 0 saturated heterocycles. The molecular formula is C13H17BrN2S. The Kier molecular flexibility index (Phi) is 3.83. The molecule has 1 aliphatic heterocycles. The Morgan fingerprint density at radius 3 is 2.88 bits per heavy atom. The highest BCUT2D eigenvalue weighted by Crippen LogP contribution is 2.29. The van der Waals surface area contributed by atoms with E-state index < -0.39 is 0 Å². The van der Waals surface area contributed by atoms with Gasteiger partial charge in [0.25, 0.3) is 0 Å². The Morgan fingerprint density at radius 1 is 1.41 bits per heavy atom. The summed E-state index contributed by atoms with van der Waals surface area (Å²) in [4.78, 5) is 4.73. The molecule has 0 aromatic heterocycles. The number of halogens is 1. The molecule has 0 fully saturated rings. The second-order valence-electron chi connectivity index (χ2n) is 4.87. The van der Waals surface area contributed by atoms with Gasteiger partial charge in [0.2, 0.25) is 0 Å². The van der Waals surface area contributed by atoms with E-state index in [-0.39, 0.29) is 5.54 Å². The molecule has 0 aliphatic carbocycles. The average molecular weight is 313 g/mol. The molecule has 0 radical (unpaired) electrons. The summed E-state index contributed by atoms with van der Waals surface area (Å²) in [6.45, 7) is 6.47. The molecule has 0 amide bonds. The lowest BCUT2D eigenvalue weighted by atomic mass is 10.0. The summed E-state index contributed by atoms with van der Waals surface area (Å²) >= 11 is 5.35. The second kappa shape index (κ2) is 5.02. The molecule has 1 heterocycles. The highest BCUT2D eigenvalue weighted by atomic mass is 79.9. The van der Waals surface area contributed by atoms with Crippen LogP contribution < -0.4 is 5.32 Å². The van der Waals surface area contributed by atoms with Crippen LogP contribution in [-0.4, -0.2) is 16.5 Å². The maximum Gasteiger partial charge on any atom is 0.161 e. The zero-order valence-electron chi connectivity index (χ0n) is 10.4. The van der Waals surface area contributed by atoms with Gasteiger partial charge in [0.05, 0.1) is 5.54 Å². The lowest BCUT2D eigenvalue weighted by Crippen LogP contribution is -2.27. The lowest BCUT2D eigenvalue weighted by molar-refractivity contribution is 0.507. The first-order valence-electron chi connectivity index (χ1n) is 5.73. The minimum absolute atomic E-state index is 0.0630. The van der Waals surface area contributed by atoms with Crippen molar-refractivity contribution in [1.29, 1.82) is 0 Å². The van der Waals surface area contributed by atoms with E-state index >= 15 is 0 Å². The molecule has 1 aromatic rings. The minimum atomic E-state index is 0.0630. The summed E-state index contributed by atoms with van der Waals surface area (Å²) in [5.74, 6) is 1.13. The van der Waals surface area contributed by atoms with Crippen molar-refractivity contribution in [3.8, 4) is 0 Å². The molecule has 4 heteroatoms. The molecule has 2 nitrogen and oxygen atoms in total. The van der Waals surface area contributed by atoms with Gasteiger partial charge in [-0.15, -0.1) is 0 Å². The van der Waals surface area contributed by atoms with Crippen LogP contribution in [0.3, 0.4) is 0 Å². The quantitative estimate of drug-likeness (QED) is 0.829. The molecule has 0 unspecified atom stereocenters. The minimum Gasteiger partial charge on any atom is -0.335 e. The van der Waals surface area contributed by atoms with Crippen LogP contribution in [0.1, 0.15) is 25.8 Å². The van der Waals surface area contributed by atoms with Gasteiger partial charge >= 0.3 is 0 Å². The predicted octanol–water partition coefficient (Wildman–Crippen LogP) is 4.44. The van der Waals surface area contributed by atoms with Crippen LogP contribution in [0.2, 0.25) is 0 Å². The van der Waals surface area contributed by atoms with E-state index in [1.54, 1.807) is 11.8 Å². The highest BCUT2D eigenvalue weighted by Gasteiger charge is 2.22. The van der Waals surface area contributed by atoms with E-state index in [4.69, 9.17) is 4.99 Å². The molecular weight excluding hydrogens is 296 g/mol. The summed E-state index contributed by atoms with van der Waals surface area (Å²) in [5, 5.41) is 4.46. The van der Waals surface area contributed by atoms with E-state index in [1.807, 2.05) is 6.07 Å². The number of benzene rings is 1. The van der Waals surface area contributed by atoms with E-state index in [0.29, 0.717) is 0 Å². The van der Waals surface area contributed by atoms with Gasteiger partial charge in [0.1, 0.15) is 0 Å². The molecule has 1 aromatic carbocycles. The summed E-state index contributed by atoms with van der Waals surface area (Å²) in [5.41, 5.74) is 2.41. The fourth-order valence-electron chi connectivity index (χ4n) is 1.68. The molecule has 2 rings (SSSR count). The largest absolute Gasteiger partial charge is 0.335 e. The van der Waals surface area contributed by atoms with Crippen molar-refractivity contribution in [1.82, 2.24) is 0 Å². The number of anilines is 1. The first kappa shape index (κ1) is 13.0. The van der Waals surface area contributed by atoms with E-state index in [1.165, 1.54) is 5.56 Å². The number of nitrogens with one attached hydrogen (secondary N) is 1. The predicted molar refractivity (Wildman–Crippen MR) is 81.1 cm³/mol. The first-order chi connectivity index (χ1) is 7.98. The van der Waals surface area contributed by atoms with Crippen LogP contribution >= 0.6 is 27.7 Å². The van der Waals surface area contributed by atoms with Gasteiger partial charge in [-0.05, 0) is 44.9 Å². The number of rotatable bonds is 1. The smallest absolute Gasteiger partial charge is 0.161 e. The summed E-state index contributed by atoms with van der Waals surface area (Å²) in [6.07, 6.45) is 1.14. The van der Waals surface area contributed by atoms with Crippen LogP contribution in [0, 0.1) is 6.92 Å². The summed E-state index contributed by atoms with van der Waals surface area (Å²) < 4.78 is 1.13. The number of aliphatic imine (C=N–C) groups is 1. The number of hydrogen-bond acceptors (Lipinski definition) is 3. The number of amidine groups is 1. The zero-order valence-corrected chi connectivity index (χ0v) is 12.8. The first-order valence-corrected chi connectivity index (χ1v) is 7.51. The molecule has 0 bridgehead atoms. The monoisotopic (exact) mass is 312 g/mol. The average Bonchev–Trinajstić information content (AvgIpc) is 2.23. The van der Waals surface area contributed by atoms with E-state index in [9.17, 15) is 0 Å². The Bertz CT molecular complexity index is 455. The summed E-state index contributed by atoms with van der Waals surface area (Å²) in [7, 11) is 0. The zero-order chi connectivity index (χ0) is 12.5. The van der Waals surface area contributed by atoms with Crippen molar-refractivity contribution < 1.29 is 0 Å². The van der Waals surface area contributed by atoms with Crippen molar-refractivity contribution in [3.05, 3.63) is 28.2 Å². The topological polar surface area (TPSA) is 24.4 Å². The van der Waals surface area contributed by atoms with Crippen LogP contribution in [-0.2, 0) is 0 Å². The normalized spacial score (nSPS) is 18.7. The van der Waals surface area contributed by atoms with Gasteiger partial charge < -0.3 is 5.32 Å². The summed E-state index contributed by atoms with van der Waals surface area (Å²) in [6, 6.07) is 6.18. The third kappa shape index (κ3) is 3.26. The second-order valence-corrected chi connectivity index (χ2v) is 6.80. The Hall–Kier alpha value is -0.480. The molecule has 0 atom stereocenters. The van der Waals surface area contributed by atoms with Crippen LogP contribution in [0.4, 0.5) is 5.69 Å². The standard InChI is InChI=1S/C13H17BrN2S/c1-9-10(14)5-4-6-11(9)15-12-16-13(2,3)7-8-17-12/h4-6H,7-8H2,1-3H3,(H,15,16). The molecule has 0 spiro atoms. The Labute approximate surface area is 115 Å². The SMILES string of the molecule is Cc1c(Br)cccc1NC1=NC(C)(C)CCS1. The fraction of sp³-hybridized carbons (Fsp3) is 0.462. The number of nitrogens with zero attached hydrogens (tertiary/aromatic N) is 1. The highest BCUT2D eigenvalue weighted by molar-refractivity contribution is 9.10. The molecule has 17 heavy (non-hydrogen) atoms. The maximum atomic E-state index is 4.73. The van der Waals surface area contributed by atoms with Crippen molar-refractivity contribution in [2.45, 2.75) is 32.7 Å². The Balaban J connectivity index is 2.21. The van der Waals surface area contributed by atoms with Crippen LogP contribution in [0.25, 0.3) is 0 Å². The molecule has 1 aliphatic rings. The van der Waals surface area contributed by atoms with Gasteiger partial charge in [0.15, 0.2) is 5.17 Å². The molecule has 1 N–H and O–H groups in total. The molecule has 0 saturated carbocycles. The third-order valence-corrected chi connectivity index (χ3v) is 4.60. The van der Waals surface area contributed by atoms with Crippen LogP contribution in [0.15, 0.2) is 27.7 Å². The van der Waals surface area contributed by atoms with E-state index in [0.717, 1.165) is 27.5 Å². The number of thioether (sulfide) groups is 1. The van der Waals surface area contributed by atoms with Crippen molar-refractivity contribution >= 4 is 38.5 Å². The van der Waals surface area contributed by atoms with Gasteiger partial charge in [-0.3, -0.25) is 4.99 Å². The van der Waals surface area contributed by atoms with Crippen LogP contribution in [0.5, 0.6) is 0 Å². The van der Waals surface area contributed by atoms with Crippen molar-refractivity contribution in [3.63, 3.8) is 0 Å². The number of hydrogen-bond donors (Lipinski definition) is 1.